The van der Waals surface area contributed by atoms with Crippen LogP contribution in [0.5, 0.6) is 11.5 Å². The van der Waals surface area contributed by atoms with Crippen molar-refractivity contribution in [3.05, 3.63) is 145 Å². The highest BCUT2D eigenvalue weighted by atomic mass is 16.6. The molecule has 220 valence electrons. The van der Waals surface area contributed by atoms with Gasteiger partial charge in [-0.1, -0.05) is 104 Å². The molecule has 0 N–H and O–H groups in total. The number of ether oxygens (including phenoxy) is 6. The molecule has 0 radical (unpaired) electrons. The van der Waals surface area contributed by atoms with E-state index in [4.69, 9.17) is 28.4 Å². The minimum Gasteiger partial charge on any atom is -0.491 e. The van der Waals surface area contributed by atoms with Crippen LogP contribution in [0.4, 0.5) is 0 Å². The lowest BCUT2D eigenvalue weighted by Gasteiger charge is -2.22. The Balaban J connectivity index is 1.25. The van der Waals surface area contributed by atoms with Crippen molar-refractivity contribution in [2.45, 2.75) is 25.4 Å². The quantitative estimate of drug-likeness (QED) is 0.108. The van der Waals surface area contributed by atoms with Crippen molar-refractivity contribution in [3.63, 3.8) is 0 Å². The first-order valence-electron chi connectivity index (χ1n) is 14.2. The molecular formula is C36H40O6. The minimum atomic E-state index is -0.304. The Morgan fingerprint density at radius 1 is 0.476 bits per heavy atom. The molecular weight excluding hydrogens is 528 g/mol. The number of para-hydroxylation sites is 2. The molecule has 0 aliphatic rings. The molecule has 4 aromatic rings. The van der Waals surface area contributed by atoms with Crippen LogP contribution in [0.15, 0.2) is 133 Å². The van der Waals surface area contributed by atoms with Crippen molar-refractivity contribution in [1.82, 2.24) is 0 Å². The molecule has 6 nitrogen and oxygen atoms in total. The summed E-state index contributed by atoms with van der Waals surface area (Å²) in [5.74, 6) is 1.56. The maximum atomic E-state index is 6.18. The van der Waals surface area contributed by atoms with Crippen molar-refractivity contribution < 1.29 is 28.4 Å². The van der Waals surface area contributed by atoms with Gasteiger partial charge in [-0.3, -0.25) is 0 Å². The van der Waals surface area contributed by atoms with Crippen molar-refractivity contribution in [2.75, 3.05) is 39.6 Å². The Bertz CT molecular complexity index is 1160. The summed E-state index contributed by atoms with van der Waals surface area (Å²) in [7, 11) is 0. The first kappa shape index (κ1) is 31.0. The lowest BCUT2D eigenvalue weighted by molar-refractivity contribution is -0.0639. The maximum Gasteiger partial charge on any atom is 0.126 e. The van der Waals surface area contributed by atoms with Gasteiger partial charge in [0.1, 0.15) is 36.9 Å². The second kappa shape index (κ2) is 18.5. The van der Waals surface area contributed by atoms with Gasteiger partial charge in [-0.15, -0.1) is 0 Å². The van der Waals surface area contributed by atoms with Crippen molar-refractivity contribution in [1.29, 1.82) is 0 Å². The standard InChI is InChI=1S/C36H40O6/c1-30(23-40-36(28-41-33-18-10-4-11-19-33)29-42-34-20-12-5-13-21-34)22-39-35(26-37-24-31-14-6-2-7-15-31)27-38-25-32-16-8-3-9-17-32/h2-21,35-36H,1,22-29H2. The smallest absolute Gasteiger partial charge is 0.126 e. The Morgan fingerprint density at radius 3 is 1.24 bits per heavy atom. The fourth-order valence-corrected chi connectivity index (χ4v) is 3.98. The van der Waals surface area contributed by atoms with Crippen LogP contribution in [0.2, 0.25) is 0 Å². The van der Waals surface area contributed by atoms with Gasteiger partial charge in [0.15, 0.2) is 0 Å². The largest absolute Gasteiger partial charge is 0.491 e. The molecule has 0 amide bonds. The SMILES string of the molecule is C=C(COC(COCc1ccccc1)COCc1ccccc1)COC(COc1ccccc1)COc1ccccc1. The molecule has 0 spiro atoms. The highest BCUT2D eigenvalue weighted by molar-refractivity contribution is 5.22. The summed E-state index contributed by atoms with van der Waals surface area (Å²) in [5.41, 5.74) is 3.03. The van der Waals surface area contributed by atoms with Crippen molar-refractivity contribution >= 4 is 0 Å². The zero-order valence-corrected chi connectivity index (χ0v) is 24.0. The Kier molecular flexibility index (Phi) is 13.6. The molecule has 0 aliphatic heterocycles. The van der Waals surface area contributed by atoms with Gasteiger partial charge in [0, 0.05) is 0 Å². The van der Waals surface area contributed by atoms with Gasteiger partial charge in [0.25, 0.3) is 0 Å². The number of hydrogen-bond donors (Lipinski definition) is 0. The molecule has 0 saturated carbocycles. The molecule has 0 aliphatic carbocycles. The fourth-order valence-electron chi connectivity index (χ4n) is 3.98. The van der Waals surface area contributed by atoms with E-state index in [2.05, 4.69) is 6.58 Å². The first-order chi connectivity index (χ1) is 20.7. The highest BCUT2D eigenvalue weighted by Gasteiger charge is 2.15. The maximum absolute atomic E-state index is 6.18. The van der Waals surface area contributed by atoms with E-state index in [-0.39, 0.29) is 12.2 Å². The zero-order valence-electron chi connectivity index (χ0n) is 24.0. The van der Waals surface area contributed by atoms with Gasteiger partial charge in [-0.2, -0.15) is 0 Å². The van der Waals surface area contributed by atoms with E-state index in [1.54, 1.807) is 0 Å². The summed E-state index contributed by atoms with van der Waals surface area (Å²) in [6.45, 7) is 7.30. The van der Waals surface area contributed by atoms with E-state index in [1.807, 2.05) is 121 Å². The molecule has 0 heterocycles. The van der Waals surface area contributed by atoms with Gasteiger partial charge < -0.3 is 28.4 Å². The number of hydrogen-bond acceptors (Lipinski definition) is 6. The van der Waals surface area contributed by atoms with Crippen LogP contribution in [-0.4, -0.2) is 51.8 Å². The zero-order chi connectivity index (χ0) is 29.1. The third-order valence-electron chi connectivity index (χ3n) is 6.24. The van der Waals surface area contributed by atoms with E-state index in [0.717, 1.165) is 28.2 Å². The Morgan fingerprint density at radius 2 is 0.833 bits per heavy atom. The van der Waals surface area contributed by atoms with Crippen LogP contribution in [0.3, 0.4) is 0 Å². The third kappa shape index (κ3) is 12.3. The molecule has 4 rings (SSSR count). The predicted molar refractivity (Wildman–Crippen MR) is 165 cm³/mol. The van der Waals surface area contributed by atoms with Crippen LogP contribution in [0, 0.1) is 0 Å². The predicted octanol–water partition coefficient (Wildman–Crippen LogP) is 6.90. The van der Waals surface area contributed by atoms with Gasteiger partial charge in [0.05, 0.1) is 39.6 Å². The molecule has 0 bridgehead atoms. The van der Waals surface area contributed by atoms with E-state index in [0.29, 0.717) is 52.9 Å². The average molecular weight is 569 g/mol. The van der Waals surface area contributed by atoms with E-state index >= 15 is 0 Å². The van der Waals surface area contributed by atoms with Crippen molar-refractivity contribution in [2.24, 2.45) is 0 Å². The van der Waals surface area contributed by atoms with Gasteiger partial charge >= 0.3 is 0 Å². The second-order valence-electron chi connectivity index (χ2n) is 9.87. The summed E-state index contributed by atoms with van der Waals surface area (Å²) < 4.78 is 36.2. The summed E-state index contributed by atoms with van der Waals surface area (Å²) in [4.78, 5) is 0. The van der Waals surface area contributed by atoms with Gasteiger partial charge in [-0.05, 0) is 41.0 Å². The number of rotatable bonds is 20. The molecule has 42 heavy (non-hydrogen) atoms. The lowest BCUT2D eigenvalue weighted by Crippen LogP contribution is -2.30. The first-order valence-corrected chi connectivity index (χ1v) is 14.2. The van der Waals surface area contributed by atoms with Crippen LogP contribution >= 0.6 is 0 Å². The molecule has 0 atom stereocenters. The van der Waals surface area contributed by atoms with E-state index in [1.165, 1.54) is 0 Å². The lowest BCUT2D eigenvalue weighted by atomic mass is 10.2. The van der Waals surface area contributed by atoms with Crippen LogP contribution < -0.4 is 9.47 Å². The molecule has 0 saturated heterocycles. The summed E-state index contributed by atoms with van der Waals surface area (Å²) in [6, 6.07) is 39.5. The van der Waals surface area contributed by atoms with Gasteiger partial charge in [0.2, 0.25) is 0 Å². The molecule has 6 heteroatoms. The Hall–Kier alpha value is -3.94. The molecule has 4 aromatic carbocycles. The number of benzene rings is 4. The molecule has 0 aromatic heterocycles. The monoisotopic (exact) mass is 568 g/mol. The van der Waals surface area contributed by atoms with Crippen LogP contribution in [0.25, 0.3) is 0 Å². The molecule has 0 unspecified atom stereocenters. The topological polar surface area (TPSA) is 55.4 Å². The van der Waals surface area contributed by atoms with Crippen LogP contribution in [0.1, 0.15) is 11.1 Å². The van der Waals surface area contributed by atoms with Gasteiger partial charge in [-0.25, -0.2) is 0 Å². The van der Waals surface area contributed by atoms with Crippen molar-refractivity contribution in [3.8, 4) is 11.5 Å². The fraction of sp³-hybridized carbons (Fsp3) is 0.278. The minimum absolute atomic E-state index is 0.257. The summed E-state index contributed by atoms with van der Waals surface area (Å²) in [6.07, 6.45) is -0.561. The second-order valence-corrected chi connectivity index (χ2v) is 9.87. The summed E-state index contributed by atoms with van der Waals surface area (Å²) >= 11 is 0. The highest BCUT2D eigenvalue weighted by Crippen LogP contribution is 2.13. The average Bonchev–Trinajstić information content (AvgIpc) is 3.05. The third-order valence-corrected chi connectivity index (χ3v) is 6.24. The summed E-state index contributed by atoms with van der Waals surface area (Å²) in [5, 5.41) is 0. The van der Waals surface area contributed by atoms with Crippen LogP contribution in [-0.2, 0) is 32.2 Å². The Labute approximate surface area is 249 Å². The normalized spacial score (nSPS) is 11.1. The molecule has 0 fully saturated rings. The van der Waals surface area contributed by atoms with E-state index < -0.39 is 0 Å². The van der Waals surface area contributed by atoms with E-state index in [9.17, 15) is 0 Å².